The minimum Gasteiger partial charge on any atom is -0.464 e. The van der Waals surface area contributed by atoms with Crippen molar-refractivity contribution < 1.29 is 32.4 Å². The zero-order valence-corrected chi connectivity index (χ0v) is 43.7. The van der Waals surface area contributed by atoms with Crippen molar-refractivity contribution in [2.45, 2.75) is 107 Å². The summed E-state index contributed by atoms with van der Waals surface area (Å²) in [4.78, 5) is 40.6. The van der Waals surface area contributed by atoms with Crippen LogP contribution < -0.4 is 19.7 Å². The number of benzene rings is 4. The number of nitrogens with zero attached hydrogens (tertiary/aromatic N) is 5. The number of amides is 1. The summed E-state index contributed by atoms with van der Waals surface area (Å²) < 4.78 is 41.9. The number of hydrogen-bond acceptors (Lipinski definition) is 13. The number of sulfonamides is 1. The molecular formula is C58H66N8O8S. The Bertz CT molecular complexity index is 3350. The Morgan fingerprint density at radius 1 is 0.947 bits per heavy atom. The highest BCUT2D eigenvalue weighted by molar-refractivity contribution is 7.90. The minimum absolute atomic E-state index is 0.0289. The van der Waals surface area contributed by atoms with Gasteiger partial charge in [-0.15, -0.1) is 0 Å². The van der Waals surface area contributed by atoms with Crippen molar-refractivity contribution in [1.82, 2.24) is 24.5 Å². The van der Waals surface area contributed by atoms with Gasteiger partial charge < -0.3 is 29.5 Å². The molecule has 0 bridgehead atoms. The van der Waals surface area contributed by atoms with Crippen LogP contribution in [0.4, 0.5) is 17.1 Å². The Hall–Kier alpha value is -6.79. The molecule has 3 aromatic heterocycles. The first kappa shape index (κ1) is 50.4. The van der Waals surface area contributed by atoms with Gasteiger partial charge in [-0.1, -0.05) is 44.2 Å². The van der Waals surface area contributed by atoms with Gasteiger partial charge in [-0.05, 0) is 147 Å². The van der Waals surface area contributed by atoms with Crippen molar-refractivity contribution in [3.63, 3.8) is 0 Å². The highest BCUT2D eigenvalue weighted by atomic mass is 32.2. The van der Waals surface area contributed by atoms with Crippen LogP contribution >= 0.6 is 0 Å². The van der Waals surface area contributed by atoms with E-state index in [9.17, 15) is 28.4 Å². The van der Waals surface area contributed by atoms with Gasteiger partial charge in [-0.25, -0.2) is 18.1 Å². The number of anilines is 2. The van der Waals surface area contributed by atoms with Crippen LogP contribution in [0.3, 0.4) is 0 Å². The van der Waals surface area contributed by atoms with Gasteiger partial charge in [0, 0.05) is 92.7 Å². The van der Waals surface area contributed by atoms with E-state index in [1.165, 1.54) is 28.8 Å². The molecule has 2 aliphatic carbocycles. The smallest absolute Gasteiger partial charge is 0.293 e. The number of H-pyrrole nitrogens is 1. The average Bonchev–Trinajstić information content (AvgIpc) is 4.07. The molecule has 1 spiro atoms. The molecule has 4 fully saturated rings. The van der Waals surface area contributed by atoms with E-state index < -0.39 is 37.0 Å². The van der Waals surface area contributed by atoms with Gasteiger partial charge in [-0.3, -0.25) is 24.7 Å². The first-order valence-corrected chi connectivity index (χ1v) is 27.9. The highest BCUT2D eigenvalue weighted by Crippen LogP contribution is 2.53. The Morgan fingerprint density at radius 2 is 1.75 bits per heavy atom. The number of carbonyl (C=O) groups is 1. The lowest BCUT2D eigenvalue weighted by atomic mass is 9.59. The van der Waals surface area contributed by atoms with Gasteiger partial charge in [0.05, 0.1) is 33.4 Å². The molecule has 11 rings (SSSR count). The van der Waals surface area contributed by atoms with Gasteiger partial charge >= 0.3 is 0 Å². The molecule has 2 aliphatic heterocycles. The Kier molecular flexibility index (Phi) is 13.7. The second-order valence-corrected chi connectivity index (χ2v) is 23.9. The van der Waals surface area contributed by atoms with Crippen molar-refractivity contribution in [3.8, 4) is 11.5 Å². The lowest BCUT2D eigenvalue weighted by molar-refractivity contribution is -0.384. The number of piperazine rings is 1. The molecule has 1 atom stereocenters. The molecule has 75 heavy (non-hydrogen) atoms. The average molecular weight is 1040 g/mol. The van der Waals surface area contributed by atoms with Crippen LogP contribution in [-0.2, 0) is 16.6 Å². The van der Waals surface area contributed by atoms with Gasteiger partial charge in [0.15, 0.2) is 0 Å². The van der Waals surface area contributed by atoms with E-state index in [1.54, 1.807) is 36.9 Å². The van der Waals surface area contributed by atoms with Crippen molar-refractivity contribution in [2.24, 2.45) is 11.3 Å². The number of nitro benzene ring substituents is 1. The molecule has 0 radical (unpaired) electrons. The zero-order chi connectivity index (χ0) is 52.1. The summed E-state index contributed by atoms with van der Waals surface area (Å²) >= 11 is 0. The number of furan rings is 1. The van der Waals surface area contributed by atoms with E-state index in [2.05, 4.69) is 91.0 Å². The third kappa shape index (κ3) is 10.7. The summed E-state index contributed by atoms with van der Waals surface area (Å²) in [7, 11) is -4.59. The predicted octanol–water partition coefficient (Wildman–Crippen LogP) is 10.9. The third-order valence-electron chi connectivity index (χ3n) is 16.7. The fraction of sp³-hybridized carbons (Fsp3) is 0.414. The van der Waals surface area contributed by atoms with Crippen LogP contribution in [0.25, 0.3) is 22.0 Å². The summed E-state index contributed by atoms with van der Waals surface area (Å²) in [5, 5.41) is 27.6. The standard InChI is InChI=1S/C58H66N8O8S/c1-38(2)47-6-4-5-7-48(47)52-37-63(36-40-8-13-53-41(28-40)17-27-73-53)25-26-65(52)44-32-58(33-44)20-23-64(24-21-58)43-9-11-49(54(30-43)74-45-29-42-16-22-59-55(42)61-35-45)56(67)62-75(71,72)46-10-12-50(51(31-46)66(69)70)60-34-39-14-18-57(3,68)19-15-39/h4-13,16-17,22,27-31,35,38-39,44,52,60,68H,14-15,18-21,23-26,32-34,36-37H2,1-3H3,(H,59,61)(H,62,67)/t39-,52?,57-. The summed E-state index contributed by atoms with van der Waals surface area (Å²) in [5.74, 6) is 0.165. The number of hydrogen-bond donors (Lipinski definition) is 4. The molecule has 7 aromatic rings. The number of piperidine rings is 1. The van der Waals surface area contributed by atoms with Crippen molar-refractivity contribution in [2.75, 3.05) is 49.5 Å². The fourth-order valence-corrected chi connectivity index (χ4v) is 13.3. The molecule has 17 heteroatoms. The quantitative estimate of drug-likeness (QED) is 0.0559. The zero-order valence-electron chi connectivity index (χ0n) is 42.8. The molecular weight excluding hydrogens is 969 g/mol. The van der Waals surface area contributed by atoms with Crippen molar-refractivity contribution >= 4 is 55.0 Å². The molecule has 1 amide bonds. The third-order valence-corrected chi connectivity index (χ3v) is 18.0. The summed E-state index contributed by atoms with van der Waals surface area (Å²) in [5.41, 5.74) is 5.80. The summed E-state index contributed by atoms with van der Waals surface area (Å²) in [6.07, 6.45) is 12.2. The number of ether oxygens (including phenoxy) is 1. The number of aromatic nitrogens is 2. The van der Waals surface area contributed by atoms with Gasteiger partial charge in [0.2, 0.25) is 0 Å². The molecule has 2 saturated carbocycles. The Labute approximate surface area is 437 Å². The maximum absolute atomic E-state index is 14.1. The molecule has 4 aliphatic rings. The summed E-state index contributed by atoms with van der Waals surface area (Å²) in [6.45, 7) is 12.3. The van der Waals surface area contributed by atoms with Crippen LogP contribution in [0.15, 0.2) is 125 Å². The van der Waals surface area contributed by atoms with Crippen LogP contribution in [0, 0.1) is 21.4 Å². The molecule has 16 nitrogen and oxygen atoms in total. The van der Waals surface area contributed by atoms with Gasteiger partial charge in [0.1, 0.15) is 28.4 Å². The molecule has 4 N–H and O–H groups in total. The van der Waals surface area contributed by atoms with Crippen LogP contribution in [0.5, 0.6) is 11.5 Å². The maximum atomic E-state index is 14.1. The SMILES string of the molecule is CC(C)c1ccccc1C1CN(Cc2ccc3occc3c2)CCN1C1CC2(CCN(c3ccc(C(=O)NS(=O)(=O)c4ccc(NC[C@H]5CC[C@](C)(O)CC5)c([N+](=O)[O-])c4)c(Oc4cnc5[nH]ccc5c4)c3)CC2)C1. The number of aromatic amines is 1. The number of aliphatic hydroxyl groups is 1. The molecule has 1 unspecified atom stereocenters. The monoisotopic (exact) mass is 1030 g/mol. The predicted molar refractivity (Wildman–Crippen MR) is 290 cm³/mol. The first-order chi connectivity index (χ1) is 36.1. The lowest BCUT2D eigenvalue weighted by Gasteiger charge is -2.58. The molecule has 4 aromatic carbocycles. The number of rotatable bonds is 15. The first-order valence-electron chi connectivity index (χ1n) is 26.4. The van der Waals surface area contributed by atoms with E-state index in [1.807, 2.05) is 25.1 Å². The van der Waals surface area contributed by atoms with E-state index >= 15 is 0 Å². The second-order valence-electron chi connectivity index (χ2n) is 22.2. The second kappa shape index (κ2) is 20.4. The lowest BCUT2D eigenvalue weighted by Crippen LogP contribution is -2.60. The van der Waals surface area contributed by atoms with Crippen LogP contribution in [-0.4, -0.2) is 95.0 Å². The van der Waals surface area contributed by atoms with E-state index in [-0.39, 0.29) is 34.4 Å². The number of pyridine rings is 1. The van der Waals surface area contributed by atoms with E-state index in [0.717, 1.165) is 106 Å². The Morgan fingerprint density at radius 3 is 2.53 bits per heavy atom. The number of fused-ring (bicyclic) bond motifs is 2. The Balaban J connectivity index is 0.780. The number of carbonyl (C=O) groups excluding carboxylic acids is 1. The van der Waals surface area contributed by atoms with E-state index in [0.29, 0.717) is 42.7 Å². The largest absolute Gasteiger partial charge is 0.464 e. The van der Waals surface area contributed by atoms with Crippen LogP contribution in [0.1, 0.15) is 111 Å². The van der Waals surface area contributed by atoms with Gasteiger partial charge in [-0.2, -0.15) is 0 Å². The van der Waals surface area contributed by atoms with Crippen molar-refractivity contribution in [3.05, 3.63) is 148 Å². The molecule has 5 heterocycles. The maximum Gasteiger partial charge on any atom is 0.293 e. The summed E-state index contributed by atoms with van der Waals surface area (Å²) in [6, 6.07) is 30.7. The minimum atomic E-state index is -4.59. The topological polar surface area (TPSA) is 199 Å². The number of nitro groups is 1. The van der Waals surface area contributed by atoms with Crippen LogP contribution in [0.2, 0.25) is 0 Å². The van der Waals surface area contributed by atoms with E-state index in [4.69, 9.17) is 9.15 Å². The van der Waals surface area contributed by atoms with Crippen molar-refractivity contribution in [1.29, 1.82) is 0 Å². The number of nitrogens with one attached hydrogen (secondary N) is 3. The van der Waals surface area contributed by atoms with Gasteiger partial charge in [0.25, 0.3) is 21.6 Å². The normalized spacial score (nSPS) is 21.6. The molecule has 2 saturated heterocycles. The highest BCUT2D eigenvalue weighted by Gasteiger charge is 2.50. The molecule has 392 valence electrons. The fourth-order valence-electron chi connectivity index (χ4n) is 12.3.